The van der Waals surface area contributed by atoms with Crippen molar-refractivity contribution in [1.82, 2.24) is 15.0 Å². The van der Waals surface area contributed by atoms with Crippen LogP contribution in [0.5, 0.6) is 0 Å². The Morgan fingerprint density at radius 3 is 2.31 bits per heavy atom. The molecule has 0 saturated heterocycles. The number of aromatic nitrogens is 3. The SMILES string of the molecule is CC(C)(Nc1ncc(-c2ccnc(C(N)=O)c2)cn1)c1ccc(F)cc1. The molecule has 0 aliphatic heterocycles. The van der Waals surface area contributed by atoms with Gasteiger partial charge in [0.1, 0.15) is 11.5 Å². The van der Waals surface area contributed by atoms with Crippen molar-refractivity contribution >= 4 is 11.9 Å². The maximum Gasteiger partial charge on any atom is 0.267 e. The smallest absolute Gasteiger partial charge is 0.267 e. The third-order valence-electron chi connectivity index (χ3n) is 3.99. The number of anilines is 1. The summed E-state index contributed by atoms with van der Waals surface area (Å²) < 4.78 is 13.1. The van der Waals surface area contributed by atoms with Gasteiger partial charge in [-0.2, -0.15) is 0 Å². The largest absolute Gasteiger partial charge is 0.364 e. The van der Waals surface area contributed by atoms with Crippen LogP contribution in [-0.4, -0.2) is 20.9 Å². The predicted molar refractivity (Wildman–Crippen MR) is 96.8 cm³/mol. The van der Waals surface area contributed by atoms with Crippen molar-refractivity contribution in [3.63, 3.8) is 0 Å². The standard InChI is InChI=1S/C19H18FN5O/c1-19(2,14-3-5-15(20)6-4-14)25-18-23-10-13(11-24-18)12-7-8-22-16(9-12)17(21)26/h3-11H,1-2H3,(H2,21,26)(H,23,24,25). The zero-order valence-electron chi connectivity index (χ0n) is 14.4. The van der Waals surface area contributed by atoms with Crippen LogP contribution in [0.3, 0.4) is 0 Å². The third kappa shape index (κ3) is 3.83. The molecule has 0 atom stereocenters. The number of carbonyl (C=O) groups is 1. The topological polar surface area (TPSA) is 93.8 Å². The Bertz CT molecular complexity index is 923. The highest BCUT2D eigenvalue weighted by Gasteiger charge is 2.21. The molecule has 3 N–H and O–H groups in total. The fourth-order valence-corrected chi connectivity index (χ4v) is 2.50. The van der Waals surface area contributed by atoms with Gasteiger partial charge in [0.15, 0.2) is 0 Å². The van der Waals surface area contributed by atoms with Crippen molar-refractivity contribution in [2.75, 3.05) is 5.32 Å². The van der Waals surface area contributed by atoms with E-state index in [0.29, 0.717) is 5.95 Å². The van der Waals surface area contributed by atoms with E-state index in [-0.39, 0.29) is 11.5 Å². The van der Waals surface area contributed by atoms with Gasteiger partial charge in [0, 0.05) is 24.2 Å². The molecule has 6 nitrogen and oxygen atoms in total. The second-order valence-electron chi connectivity index (χ2n) is 6.35. The van der Waals surface area contributed by atoms with Crippen LogP contribution in [0.4, 0.5) is 10.3 Å². The zero-order chi connectivity index (χ0) is 18.7. The van der Waals surface area contributed by atoms with Crippen LogP contribution in [0.1, 0.15) is 29.9 Å². The molecule has 0 saturated carbocycles. The van der Waals surface area contributed by atoms with Gasteiger partial charge in [0.25, 0.3) is 5.91 Å². The molecule has 2 heterocycles. The van der Waals surface area contributed by atoms with Crippen LogP contribution in [0.2, 0.25) is 0 Å². The van der Waals surface area contributed by atoms with Crippen LogP contribution >= 0.6 is 0 Å². The Labute approximate surface area is 150 Å². The van der Waals surface area contributed by atoms with Crippen molar-refractivity contribution in [1.29, 1.82) is 0 Å². The second kappa shape index (κ2) is 6.87. The average molecular weight is 351 g/mol. The molecule has 0 aliphatic carbocycles. The fourth-order valence-electron chi connectivity index (χ4n) is 2.50. The minimum Gasteiger partial charge on any atom is -0.364 e. The molecule has 1 aromatic carbocycles. The zero-order valence-corrected chi connectivity index (χ0v) is 14.4. The molecule has 3 aromatic rings. The van der Waals surface area contributed by atoms with E-state index in [1.165, 1.54) is 18.3 Å². The predicted octanol–water partition coefficient (Wildman–Crippen LogP) is 3.12. The van der Waals surface area contributed by atoms with Crippen LogP contribution < -0.4 is 11.1 Å². The lowest BCUT2D eigenvalue weighted by Crippen LogP contribution is -2.28. The van der Waals surface area contributed by atoms with E-state index >= 15 is 0 Å². The normalized spacial score (nSPS) is 11.2. The highest BCUT2D eigenvalue weighted by molar-refractivity contribution is 5.91. The Morgan fingerprint density at radius 2 is 1.69 bits per heavy atom. The maximum absolute atomic E-state index is 13.1. The van der Waals surface area contributed by atoms with E-state index in [4.69, 9.17) is 5.73 Å². The molecule has 26 heavy (non-hydrogen) atoms. The van der Waals surface area contributed by atoms with Gasteiger partial charge in [-0.15, -0.1) is 0 Å². The van der Waals surface area contributed by atoms with Gasteiger partial charge in [0.05, 0.1) is 5.54 Å². The molecule has 0 unspecified atom stereocenters. The number of rotatable bonds is 5. The van der Waals surface area contributed by atoms with Crippen molar-refractivity contribution in [2.24, 2.45) is 5.73 Å². The molecule has 0 fully saturated rings. The number of nitrogens with two attached hydrogens (primary N) is 1. The number of benzene rings is 1. The molecule has 0 spiro atoms. The summed E-state index contributed by atoms with van der Waals surface area (Å²) in [6.45, 7) is 3.92. The van der Waals surface area contributed by atoms with Gasteiger partial charge in [-0.1, -0.05) is 12.1 Å². The summed E-state index contributed by atoms with van der Waals surface area (Å²) in [5.74, 6) is -0.433. The molecule has 0 bridgehead atoms. The average Bonchev–Trinajstić information content (AvgIpc) is 2.62. The highest BCUT2D eigenvalue weighted by atomic mass is 19.1. The first kappa shape index (κ1) is 17.5. The first-order chi connectivity index (χ1) is 12.3. The summed E-state index contributed by atoms with van der Waals surface area (Å²) >= 11 is 0. The van der Waals surface area contributed by atoms with Gasteiger partial charge < -0.3 is 11.1 Å². The number of pyridine rings is 1. The number of primary amides is 1. The minimum absolute atomic E-state index is 0.183. The molecule has 3 rings (SSSR count). The number of hydrogen-bond donors (Lipinski definition) is 2. The van der Waals surface area contributed by atoms with Crippen LogP contribution in [-0.2, 0) is 5.54 Å². The molecule has 2 aromatic heterocycles. The summed E-state index contributed by atoms with van der Waals surface area (Å²) in [4.78, 5) is 23.8. The second-order valence-corrected chi connectivity index (χ2v) is 6.35. The number of carbonyl (C=O) groups excluding carboxylic acids is 1. The van der Waals surface area contributed by atoms with Crippen LogP contribution in [0.25, 0.3) is 11.1 Å². The molecule has 1 amide bonds. The molecular formula is C19H18FN5O. The van der Waals surface area contributed by atoms with Crippen molar-refractivity contribution in [3.05, 3.63) is 72.1 Å². The lowest BCUT2D eigenvalue weighted by Gasteiger charge is -2.26. The monoisotopic (exact) mass is 351 g/mol. The van der Waals surface area contributed by atoms with Crippen molar-refractivity contribution in [3.8, 4) is 11.1 Å². The Balaban J connectivity index is 1.80. The van der Waals surface area contributed by atoms with E-state index < -0.39 is 11.4 Å². The van der Waals surface area contributed by atoms with Gasteiger partial charge >= 0.3 is 0 Å². The van der Waals surface area contributed by atoms with E-state index in [1.807, 2.05) is 13.8 Å². The van der Waals surface area contributed by atoms with Gasteiger partial charge in [-0.05, 0) is 49.2 Å². The summed E-state index contributed by atoms with van der Waals surface area (Å²) in [7, 11) is 0. The number of nitrogens with one attached hydrogen (secondary N) is 1. The van der Waals surface area contributed by atoms with Gasteiger partial charge in [0.2, 0.25) is 5.95 Å². The lowest BCUT2D eigenvalue weighted by atomic mass is 9.94. The quantitative estimate of drug-likeness (QED) is 0.736. The molecule has 0 aliphatic rings. The molecule has 7 heteroatoms. The lowest BCUT2D eigenvalue weighted by molar-refractivity contribution is 0.0995. The first-order valence-electron chi connectivity index (χ1n) is 7.98. The molecular weight excluding hydrogens is 333 g/mol. The first-order valence-corrected chi connectivity index (χ1v) is 7.98. The number of nitrogens with zero attached hydrogens (tertiary/aromatic N) is 3. The van der Waals surface area contributed by atoms with E-state index in [2.05, 4.69) is 20.3 Å². The molecule has 0 radical (unpaired) electrons. The minimum atomic E-state index is -0.591. The van der Waals surface area contributed by atoms with E-state index in [0.717, 1.165) is 16.7 Å². The fraction of sp³-hybridized carbons (Fsp3) is 0.158. The van der Waals surface area contributed by atoms with Gasteiger partial charge in [-0.25, -0.2) is 14.4 Å². The van der Waals surface area contributed by atoms with Crippen LogP contribution in [0, 0.1) is 5.82 Å². The summed E-state index contributed by atoms with van der Waals surface area (Å²) in [6.07, 6.45) is 4.81. The van der Waals surface area contributed by atoms with Crippen molar-refractivity contribution < 1.29 is 9.18 Å². The van der Waals surface area contributed by atoms with E-state index in [9.17, 15) is 9.18 Å². The number of amides is 1. The number of hydrogen-bond acceptors (Lipinski definition) is 5. The van der Waals surface area contributed by atoms with Crippen molar-refractivity contribution in [2.45, 2.75) is 19.4 Å². The third-order valence-corrected chi connectivity index (χ3v) is 3.99. The number of halogens is 1. The molecule has 132 valence electrons. The van der Waals surface area contributed by atoms with Gasteiger partial charge in [-0.3, -0.25) is 9.78 Å². The highest BCUT2D eigenvalue weighted by Crippen LogP contribution is 2.25. The Kier molecular flexibility index (Phi) is 4.62. The van der Waals surface area contributed by atoms with Crippen LogP contribution in [0.15, 0.2) is 55.0 Å². The maximum atomic E-state index is 13.1. The summed E-state index contributed by atoms with van der Waals surface area (Å²) in [5.41, 5.74) is 7.35. The Hall–Kier alpha value is -3.35. The van der Waals surface area contributed by atoms with E-state index in [1.54, 1.807) is 36.7 Å². The summed E-state index contributed by atoms with van der Waals surface area (Å²) in [6, 6.07) is 9.63. The summed E-state index contributed by atoms with van der Waals surface area (Å²) in [5, 5.41) is 3.23. The Morgan fingerprint density at radius 1 is 1.04 bits per heavy atom.